The number of aromatic nitrogens is 3. The summed E-state index contributed by atoms with van der Waals surface area (Å²) in [4.78, 5) is 19.0. The average Bonchev–Trinajstić information content (AvgIpc) is 3.01. The van der Waals surface area contributed by atoms with Crippen molar-refractivity contribution in [3.8, 4) is 11.4 Å². The maximum absolute atomic E-state index is 12.8. The van der Waals surface area contributed by atoms with E-state index in [0.717, 1.165) is 37.3 Å². The fourth-order valence-electron chi connectivity index (χ4n) is 3.07. The summed E-state index contributed by atoms with van der Waals surface area (Å²) in [6, 6.07) is 7.62. The van der Waals surface area contributed by atoms with Crippen molar-refractivity contribution in [1.29, 1.82) is 0 Å². The number of hydrogen-bond donors (Lipinski definition) is 2. The Kier molecular flexibility index (Phi) is 4.43. The smallest absolute Gasteiger partial charge is 0.253 e. The van der Waals surface area contributed by atoms with Gasteiger partial charge in [0.25, 0.3) is 5.91 Å². The van der Waals surface area contributed by atoms with E-state index < -0.39 is 0 Å². The van der Waals surface area contributed by atoms with Gasteiger partial charge in [-0.25, -0.2) is 4.98 Å². The second kappa shape index (κ2) is 6.50. The maximum atomic E-state index is 12.8. The Balaban J connectivity index is 1.80. The predicted octanol–water partition coefficient (Wildman–Crippen LogP) is 1.98. The number of nitrogens with one attached hydrogen (secondary N) is 1. The third-order valence-corrected chi connectivity index (χ3v) is 4.45. The molecular formula is C17H23N5O. The van der Waals surface area contributed by atoms with E-state index in [9.17, 15) is 4.79 Å². The SMILES string of the molecule is Cc1nc(-c2cccc(C(=O)N3CCC[C@@H]([C@H](C)N)C3)c2)n[nH]1. The molecule has 0 radical (unpaired) electrons. The monoisotopic (exact) mass is 313 g/mol. The number of H-pyrrole nitrogens is 1. The van der Waals surface area contributed by atoms with Crippen molar-refractivity contribution >= 4 is 5.91 Å². The Morgan fingerprint density at radius 1 is 1.48 bits per heavy atom. The molecule has 0 aliphatic carbocycles. The van der Waals surface area contributed by atoms with Gasteiger partial charge in [-0.2, -0.15) is 5.10 Å². The van der Waals surface area contributed by atoms with E-state index >= 15 is 0 Å². The normalized spacial score (nSPS) is 19.6. The van der Waals surface area contributed by atoms with E-state index in [-0.39, 0.29) is 11.9 Å². The number of amides is 1. The minimum atomic E-state index is 0.0597. The number of aromatic amines is 1. The molecular weight excluding hydrogens is 290 g/mol. The number of likely N-dealkylation sites (tertiary alicyclic amines) is 1. The van der Waals surface area contributed by atoms with Gasteiger partial charge in [0.2, 0.25) is 0 Å². The van der Waals surface area contributed by atoms with Gasteiger partial charge >= 0.3 is 0 Å². The molecule has 1 amide bonds. The molecule has 1 aliphatic heterocycles. The molecule has 1 aromatic carbocycles. The van der Waals surface area contributed by atoms with Gasteiger partial charge in [-0.3, -0.25) is 9.89 Å². The van der Waals surface area contributed by atoms with E-state index in [1.165, 1.54) is 0 Å². The van der Waals surface area contributed by atoms with Gasteiger partial charge in [0.15, 0.2) is 5.82 Å². The van der Waals surface area contributed by atoms with Crippen LogP contribution in [0, 0.1) is 12.8 Å². The van der Waals surface area contributed by atoms with Crippen molar-refractivity contribution in [2.75, 3.05) is 13.1 Å². The molecule has 2 aromatic rings. The molecule has 0 bridgehead atoms. The van der Waals surface area contributed by atoms with E-state index in [1.807, 2.05) is 43.0 Å². The van der Waals surface area contributed by atoms with Gasteiger partial charge in [0.1, 0.15) is 5.82 Å². The molecule has 122 valence electrons. The number of hydrogen-bond acceptors (Lipinski definition) is 4. The third-order valence-electron chi connectivity index (χ3n) is 4.45. The molecule has 2 atom stereocenters. The third kappa shape index (κ3) is 3.42. The highest BCUT2D eigenvalue weighted by atomic mass is 16.2. The summed E-state index contributed by atoms with van der Waals surface area (Å²) < 4.78 is 0. The average molecular weight is 313 g/mol. The van der Waals surface area contributed by atoms with Crippen LogP contribution < -0.4 is 5.73 Å². The first kappa shape index (κ1) is 15.7. The van der Waals surface area contributed by atoms with Crippen LogP contribution in [-0.4, -0.2) is 45.1 Å². The molecule has 1 aliphatic rings. The van der Waals surface area contributed by atoms with Gasteiger partial charge in [0, 0.05) is 30.3 Å². The molecule has 1 aromatic heterocycles. The minimum Gasteiger partial charge on any atom is -0.338 e. The zero-order valence-corrected chi connectivity index (χ0v) is 13.6. The van der Waals surface area contributed by atoms with Crippen LogP contribution in [0.3, 0.4) is 0 Å². The predicted molar refractivity (Wildman–Crippen MR) is 88.8 cm³/mol. The number of nitrogens with two attached hydrogens (primary N) is 1. The Morgan fingerprint density at radius 3 is 3.00 bits per heavy atom. The summed E-state index contributed by atoms with van der Waals surface area (Å²) in [5.74, 6) is 1.81. The van der Waals surface area contributed by atoms with Crippen LogP contribution >= 0.6 is 0 Å². The van der Waals surface area contributed by atoms with Crippen LogP contribution in [0.25, 0.3) is 11.4 Å². The van der Waals surface area contributed by atoms with Gasteiger partial charge in [-0.1, -0.05) is 12.1 Å². The quantitative estimate of drug-likeness (QED) is 0.907. The Hall–Kier alpha value is -2.21. The van der Waals surface area contributed by atoms with E-state index in [0.29, 0.717) is 17.3 Å². The summed E-state index contributed by atoms with van der Waals surface area (Å²) >= 11 is 0. The van der Waals surface area contributed by atoms with Crippen molar-refractivity contribution in [2.45, 2.75) is 32.7 Å². The standard InChI is InChI=1S/C17H23N5O/c1-11(18)15-7-4-8-22(10-15)17(23)14-6-3-5-13(9-14)16-19-12(2)20-21-16/h3,5-6,9,11,15H,4,7-8,10,18H2,1-2H3,(H,19,20,21)/t11-,15+/m0/s1. The van der Waals surface area contributed by atoms with Crippen molar-refractivity contribution < 1.29 is 4.79 Å². The molecule has 6 nitrogen and oxygen atoms in total. The van der Waals surface area contributed by atoms with Gasteiger partial charge in [0.05, 0.1) is 0 Å². The highest BCUT2D eigenvalue weighted by molar-refractivity contribution is 5.95. The molecule has 23 heavy (non-hydrogen) atoms. The van der Waals surface area contributed by atoms with Gasteiger partial charge in [-0.15, -0.1) is 0 Å². The number of nitrogens with zero attached hydrogens (tertiary/aromatic N) is 3. The fraction of sp³-hybridized carbons (Fsp3) is 0.471. The first-order chi connectivity index (χ1) is 11.0. The van der Waals surface area contributed by atoms with Crippen LogP contribution in [0.15, 0.2) is 24.3 Å². The first-order valence-corrected chi connectivity index (χ1v) is 8.09. The van der Waals surface area contributed by atoms with Crippen molar-refractivity contribution in [3.63, 3.8) is 0 Å². The second-order valence-electron chi connectivity index (χ2n) is 6.34. The molecule has 3 N–H and O–H groups in total. The van der Waals surface area contributed by atoms with Crippen LogP contribution in [-0.2, 0) is 0 Å². The lowest BCUT2D eigenvalue weighted by atomic mass is 9.92. The Morgan fingerprint density at radius 2 is 2.30 bits per heavy atom. The van der Waals surface area contributed by atoms with Crippen molar-refractivity contribution in [2.24, 2.45) is 11.7 Å². The lowest BCUT2D eigenvalue weighted by molar-refractivity contribution is 0.0661. The molecule has 1 fully saturated rings. The second-order valence-corrected chi connectivity index (χ2v) is 6.34. The fourth-order valence-corrected chi connectivity index (χ4v) is 3.07. The van der Waals surface area contributed by atoms with Crippen LogP contribution in [0.5, 0.6) is 0 Å². The van der Waals surface area contributed by atoms with Crippen LogP contribution in [0.4, 0.5) is 0 Å². The summed E-state index contributed by atoms with van der Waals surface area (Å²) in [5.41, 5.74) is 7.54. The van der Waals surface area contributed by atoms with Crippen LogP contribution in [0.1, 0.15) is 35.9 Å². The molecule has 0 spiro atoms. The number of aryl methyl sites for hydroxylation is 1. The van der Waals surface area contributed by atoms with E-state index in [4.69, 9.17) is 5.73 Å². The maximum Gasteiger partial charge on any atom is 0.253 e. The lowest BCUT2D eigenvalue weighted by Gasteiger charge is -2.34. The Bertz CT molecular complexity index is 694. The molecule has 3 rings (SSSR count). The molecule has 2 heterocycles. The molecule has 0 unspecified atom stereocenters. The minimum absolute atomic E-state index is 0.0597. The number of benzene rings is 1. The molecule has 6 heteroatoms. The highest BCUT2D eigenvalue weighted by Gasteiger charge is 2.26. The summed E-state index contributed by atoms with van der Waals surface area (Å²) in [7, 11) is 0. The number of piperidine rings is 1. The zero-order valence-electron chi connectivity index (χ0n) is 13.6. The number of carbonyl (C=O) groups excluding carboxylic acids is 1. The number of rotatable bonds is 3. The lowest BCUT2D eigenvalue weighted by Crippen LogP contribution is -2.45. The topological polar surface area (TPSA) is 87.9 Å². The van der Waals surface area contributed by atoms with Gasteiger partial charge in [-0.05, 0) is 44.7 Å². The summed E-state index contributed by atoms with van der Waals surface area (Å²) in [5, 5.41) is 6.98. The highest BCUT2D eigenvalue weighted by Crippen LogP contribution is 2.22. The number of carbonyl (C=O) groups is 1. The summed E-state index contributed by atoms with van der Waals surface area (Å²) in [6.45, 7) is 5.41. The molecule has 1 saturated heterocycles. The first-order valence-electron chi connectivity index (χ1n) is 8.09. The van der Waals surface area contributed by atoms with E-state index in [2.05, 4.69) is 15.2 Å². The van der Waals surface area contributed by atoms with Crippen molar-refractivity contribution in [3.05, 3.63) is 35.7 Å². The Labute approximate surface area is 136 Å². The van der Waals surface area contributed by atoms with Crippen LogP contribution in [0.2, 0.25) is 0 Å². The molecule has 0 saturated carbocycles. The van der Waals surface area contributed by atoms with E-state index in [1.54, 1.807) is 0 Å². The summed E-state index contributed by atoms with van der Waals surface area (Å²) in [6.07, 6.45) is 2.11. The zero-order chi connectivity index (χ0) is 16.4. The van der Waals surface area contributed by atoms with Crippen molar-refractivity contribution in [1.82, 2.24) is 20.1 Å². The van der Waals surface area contributed by atoms with Gasteiger partial charge < -0.3 is 10.6 Å². The largest absolute Gasteiger partial charge is 0.338 e.